The summed E-state index contributed by atoms with van der Waals surface area (Å²) in [6.07, 6.45) is 0.717. The van der Waals surface area contributed by atoms with Crippen molar-refractivity contribution < 1.29 is 13.0 Å². The van der Waals surface area contributed by atoms with E-state index in [4.69, 9.17) is 4.55 Å². The van der Waals surface area contributed by atoms with Crippen LogP contribution in [0.15, 0.2) is 11.3 Å². The van der Waals surface area contributed by atoms with Crippen LogP contribution in [0.25, 0.3) is 0 Å². The van der Waals surface area contributed by atoms with E-state index in [1.54, 1.807) is 0 Å². The van der Waals surface area contributed by atoms with Crippen LogP contribution >= 0.6 is 0 Å². The number of nitrogens with one attached hydrogen (secondary N) is 1. The molecule has 100 valence electrons. The van der Waals surface area contributed by atoms with Gasteiger partial charge in [-0.1, -0.05) is 13.8 Å². The highest BCUT2D eigenvalue weighted by Crippen LogP contribution is 2.34. The third-order valence-corrected chi connectivity index (χ3v) is 4.08. The van der Waals surface area contributed by atoms with E-state index in [1.807, 2.05) is 6.92 Å². The Labute approximate surface area is 104 Å². The lowest BCUT2D eigenvalue weighted by Gasteiger charge is -2.40. The standard InChI is InChI=1S/C12H23NO3S/c1-8(2)11-9(3)10(7-17(14,15)16)6-12(4,5)13-11/h8,10,13H,6-7H2,1-5H3,(H,14,15,16). The van der Waals surface area contributed by atoms with E-state index in [0.717, 1.165) is 17.7 Å². The monoisotopic (exact) mass is 261 g/mol. The Morgan fingerprint density at radius 1 is 1.47 bits per heavy atom. The van der Waals surface area contributed by atoms with Crippen molar-refractivity contribution in [2.24, 2.45) is 11.8 Å². The van der Waals surface area contributed by atoms with Crippen LogP contribution in [-0.2, 0) is 10.1 Å². The van der Waals surface area contributed by atoms with Gasteiger partial charge in [-0.05, 0) is 44.6 Å². The fourth-order valence-electron chi connectivity index (χ4n) is 2.54. The molecule has 0 amide bonds. The van der Waals surface area contributed by atoms with Gasteiger partial charge in [0.1, 0.15) is 0 Å². The van der Waals surface area contributed by atoms with E-state index in [1.165, 1.54) is 0 Å². The third-order valence-electron chi connectivity index (χ3n) is 3.26. The van der Waals surface area contributed by atoms with Crippen LogP contribution in [0.5, 0.6) is 0 Å². The number of hydrogen-bond donors (Lipinski definition) is 2. The van der Waals surface area contributed by atoms with Crippen molar-refractivity contribution in [2.75, 3.05) is 5.75 Å². The molecule has 0 radical (unpaired) electrons. The van der Waals surface area contributed by atoms with Crippen molar-refractivity contribution in [1.29, 1.82) is 0 Å². The van der Waals surface area contributed by atoms with E-state index in [-0.39, 0.29) is 17.2 Å². The summed E-state index contributed by atoms with van der Waals surface area (Å²) in [6, 6.07) is 0. The summed E-state index contributed by atoms with van der Waals surface area (Å²) in [5.41, 5.74) is 2.03. The van der Waals surface area contributed by atoms with Crippen LogP contribution in [-0.4, -0.2) is 24.3 Å². The molecule has 17 heavy (non-hydrogen) atoms. The van der Waals surface area contributed by atoms with Crippen LogP contribution in [0.2, 0.25) is 0 Å². The second-order valence-electron chi connectivity index (χ2n) is 5.91. The van der Waals surface area contributed by atoms with Crippen molar-refractivity contribution in [1.82, 2.24) is 5.32 Å². The maximum Gasteiger partial charge on any atom is 0.265 e. The summed E-state index contributed by atoms with van der Waals surface area (Å²) in [5, 5.41) is 3.46. The van der Waals surface area contributed by atoms with E-state index >= 15 is 0 Å². The normalized spacial score (nSPS) is 25.0. The Morgan fingerprint density at radius 3 is 2.41 bits per heavy atom. The molecule has 1 rings (SSSR count). The largest absolute Gasteiger partial charge is 0.383 e. The molecule has 1 atom stereocenters. The van der Waals surface area contributed by atoms with Gasteiger partial charge < -0.3 is 5.32 Å². The Morgan fingerprint density at radius 2 is 2.00 bits per heavy atom. The summed E-state index contributed by atoms with van der Waals surface area (Å²) in [4.78, 5) is 0. The molecule has 1 unspecified atom stereocenters. The highest BCUT2D eigenvalue weighted by molar-refractivity contribution is 7.85. The molecular weight excluding hydrogens is 238 g/mol. The van der Waals surface area contributed by atoms with Crippen LogP contribution in [0.4, 0.5) is 0 Å². The minimum absolute atomic E-state index is 0.0985. The molecule has 0 saturated carbocycles. The smallest absolute Gasteiger partial charge is 0.265 e. The third kappa shape index (κ3) is 4.00. The minimum atomic E-state index is -3.92. The van der Waals surface area contributed by atoms with Crippen LogP contribution in [0, 0.1) is 11.8 Å². The van der Waals surface area contributed by atoms with E-state index in [9.17, 15) is 8.42 Å². The molecule has 1 aliphatic rings. The molecule has 1 heterocycles. The molecule has 1 aliphatic heterocycles. The summed E-state index contributed by atoms with van der Waals surface area (Å²) < 4.78 is 31.1. The van der Waals surface area contributed by atoms with E-state index in [2.05, 4.69) is 33.0 Å². The molecule has 0 saturated heterocycles. The summed E-state index contributed by atoms with van der Waals surface area (Å²) in [5.74, 6) is 0.0531. The maximum absolute atomic E-state index is 11.0. The fraction of sp³-hybridized carbons (Fsp3) is 0.833. The molecule has 0 bridgehead atoms. The number of allylic oxidation sites excluding steroid dienone is 2. The first kappa shape index (κ1) is 14.5. The van der Waals surface area contributed by atoms with Gasteiger partial charge in [0.05, 0.1) is 5.75 Å². The zero-order valence-electron chi connectivity index (χ0n) is 11.2. The van der Waals surface area contributed by atoms with Gasteiger partial charge >= 0.3 is 0 Å². The van der Waals surface area contributed by atoms with E-state index in [0.29, 0.717) is 5.92 Å². The van der Waals surface area contributed by atoms with Crippen molar-refractivity contribution in [3.8, 4) is 0 Å². The van der Waals surface area contributed by atoms with Crippen molar-refractivity contribution in [3.63, 3.8) is 0 Å². The Hall–Kier alpha value is -0.550. The molecule has 0 aliphatic carbocycles. The van der Waals surface area contributed by atoms with E-state index < -0.39 is 10.1 Å². The lowest BCUT2D eigenvalue weighted by atomic mass is 9.80. The van der Waals surface area contributed by atoms with Gasteiger partial charge in [0.15, 0.2) is 0 Å². The zero-order valence-corrected chi connectivity index (χ0v) is 12.1. The van der Waals surface area contributed by atoms with Gasteiger partial charge in [0.25, 0.3) is 10.1 Å². The van der Waals surface area contributed by atoms with Gasteiger partial charge in [0, 0.05) is 11.2 Å². The van der Waals surface area contributed by atoms with Crippen LogP contribution in [0.1, 0.15) is 41.0 Å². The van der Waals surface area contributed by atoms with Gasteiger partial charge in [-0.2, -0.15) is 8.42 Å². The Balaban J connectivity index is 3.08. The molecule has 0 aromatic rings. The highest BCUT2D eigenvalue weighted by Gasteiger charge is 2.34. The van der Waals surface area contributed by atoms with Crippen LogP contribution in [0.3, 0.4) is 0 Å². The van der Waals surface area contributed by atoms with Gasteiger partial charge in [0.2, 0.25) is 0 Å². The molecule has 0 aromatic heterocycles. The number of hydrogen-bond acceptors (Lipinski definition) is 3. The molecule has 0 fully saturated rings. The lowest BCUT2D eigenvalue weighted by molar-refractivity contribution is 0.305. The zero-order chi connectivity index (χ0) is 13.4. The topological polar surface area (TPSA) is 66.4 Å². The molecule has 4 nitrogen and oxygen atoms in total. The maximum atomic E-state index is 11.0. The summed E-state index contributed by atoms with van der Waals surface area (Å²) in [7, 11) is -3.92. The van der Waals surface area contributed by atoms with Gasteiger partial charge in [-0.3, -0.25) is 4.55 Å². The lowest BCUT2D eigenvalue weighted by Crippen LogP contribution is -2.47. The Bertz CT molecular complexity index is 421. The summed E-state index contributed by atoms with van der Waals surface area (Å²) in [6.45, 7) is 10.2. The second kappa shape index (κ2) is 4.61. The first-order chi connectivity index (χ1) is 7.52. The fourth-order valence-corrected chi connectivity index (χ4v) is 3.42. The highest BCUT2D eigenvalue weighted by atomic mass is 32.2. The van der Waals surface area contributed by atoms with Crippen LogP contribution < -0.4 is 5.32 Å². The predicted octanol–water partition coefficient (Wildman–Crippen LogP) is 2.19. The van der Waals surface area contributed by atoms with Gasteiger partial charge in [-0.25, -0.2) is 0 Å². The molecule has 5 heteroatoms. The second-order valence-corrected chi connectivity index (χ2v) is 7.41. The first-order valence-corrected chi connectivity index (χ1v) is 7.57. The van der Waals surface area contributed by atoms with Crippen molar-refractivity contribution in [3.05, 3.63) is 11.3 Å². The minimum Gasteiger partial charge on any atom is -0.383 e. The molecule has 0 aromatic carbocycles. The average molecular weight is 261 g/mol. The Kier molecular flexibility index (Phi) is 3.94. The predicted molar refractivity (Wildman–Crippen MR) is 69.3 cm³/mol. The van der Waals surface area contributed by atoms with Crippen molar-refractivity contribution in [2.45, 2.75) is 46.6 Å². The summed E-state index contributed by atoms with van der Waals surface area (Å²) >= 11 is 0. The molecule has 0 spiro atoms. The first-order valence-electron chi connectivity index (χ1n) is 5.96. The SMILES string of the molecule is CC1=C(C(C)C)NC(C)(C)CC1CS(=O)(=O)O. The molecular formula is C12H23NO3S. The molecule has 2 N–H and O–H groups in total. The quantitative estimate of drug-likeness (QED) is 0.764. The van der Waals surface area contributed by atoms with Gasteiger partial charge in [-0.15, -0.1) is 0 Å². The number of rotatable bonds is 3. The van der Waals surface area contributed by atoms with Crippen molar-refractivity contribution >= 4 is 10.1 Å². The average Bonchev–Trinajstić information content (AvgIpc) is 2.07.